The third-order valence-electron chi connectivity index (χ3n) is 3.05. The topological polar surface area (TPSA) is 54.9 Å². The number of amides is 1. The molecule has 1 heterocycles. The largest absolute Gasteiger partial charge is 0.300 e. The van der Waals surface area contributed by atoms with Gasteiger partial charge in [-0.25, -0.2) is 0 Å². The van der Waals surface area contributed by atoms with Crippen LogP contribution in [0.2, 0.25) is 0 Å². The van der Waals surface area contributed by atoms with Gasteiger partial charge in [-0.1, -0.05) is 53.3 Å². The molecule has 0 fully saturated rings. The Morgan fingerprint density at radius 3 is 2.74 bits per heavy atom. The van der Waals surface area contributed by atoms with Gasteiger partial charge in [0, 0.05) is 10.5 Å². The number of hydrogen-bond acceptors (Lipinski definition) is 5. The monoisotopic (exact) mass is 341 g/mol. The van der Waals surface area contributed by atoms with Crippen molar-refractivity contribution in [2.75, 3.05) is 11.1 Å². The number of hydrogen-bond donors (Lipinski definition) is 1. The van der Waals surface area contributed by atoms with Gasteiger partial charge < -0.3 is 0 Å². The third-order valence-corrected chi connectivity index (χ3v) is 4.95. The predicted molar refractivity (Wildman–Crippen MR) is 95.9 cm³/mol. The fraction of sp³-hybridized carbons (Fsp3) is 0.118. The summed E-state index contributed by atoms with van der Waals surface area (Å²) in [6, 6.07) is 17.9. The quantitative estimate of drug-likeness (QED) is 0.705. The molecule has 3 aromatic rings. The summed E-state index contributed by atoms with van der Waals surface area (Å²) in [4.78, 5) is 13.1. The van der Waals surface area contributed by atoms with Crippen LogP contribution in [-0.4, -0.2) is 21.9 Å². The van der Waals surface area contributed by atoms with Crippen LogP contribution in [0.15, 0.2) is 59.5 Å². The summed E-state index contributed by atoms with van der Waals surface area (Å²) in [7, 11) is 0. The van der Waals surface area contributed by atoms with Gasteiger partial charge in [-0.15, -0.1) is 22.0 Å². The maximum atomic E-state index is 12.0. The zero-order valence-corrected chi connectivity index (χ0v) is 14.2. The average molecular weight is 341 g/mol. The molecule has 1 aromatic heterocycles. The van der Waals surface area contributed by atoms with Gasteiger partial charge in [0.05, 0.1) is 5.75 Å². The number of aryl methyl sites for hydroxylation is 1. The van der Waals surface area contributed by atoms with Gasteiger partial charge in [-0.3, -0.25) is 10.1 Å². The van der Waals surface area contributed by atoms with Gasteiger partial charge in [0.1, 0.15) is 5.01 Å². The predicted octanol–water partition coefficient (Wildman–Crippen LogP) is 4.24. The van der Waals surface area contributed by atoms with Crippen molar-refractivity contribution in [1.82, 2.24) is 10.2 Å². The van der Waals surface area contributed by atoms with Crippen LogP contribution < -0.4 is 5.32 Å². The normalized spacial score (nSPS) is 10.5. The molecule has 2 aromatic carbocycles. The number of nitrogens with zero attached hydrogens (tertiary/aromatic N) is 2. The number of carbonyl (C=O) groups is 1. The maximum Gasteiger partial charge on any atom is 0.236 e. The number of benzene rings is 2. The molecule has 1 N–H and O–H groups in total. The van der Waals surface area contributed by atoms with Crippen molar-refractivity contribution < 1.29 is 4.79 Å². The number of nitrogens with one attached hydrogen (secondary N) is 1. The van der Waals surface area contributed by atoms with Gasteiger partial charge >= 0.3 is 0 Å². The molecular weight excluding hydrogens is 326 g/mol. The van der Waals surface area contributed by atoms with Crippen LogP contribution in [0.1, 0.15) is 5.56 Å². The number of rotatable bonds is 5. The van der Waals surface area contributed by atoms with E-state index in [9.17, 15) is 4.79 Å². The van der Waals surface area contributed by atoms with E-state index in [1.807, 2.05) is 55.5 Å². The molecule has 116 valence electrons. The van der Waals surface area contributed by atoms with E-state index in [0.29, 0.717) is 10.9 Å². The van der Waals surface area contributed by atoms with E-state index in [0.717, 1.165) is 15.5 Å². The van der Waals surface area contributed by atoms with Crippen LogP contribution in [0.3, 0.4) is 0 Å². The first-order valence-electron chi connectivity index (χ1n) is 7.09. The highest BCUT2D eigenvalue weighted by Gasteiger charge is 2.10. The first-order chi connectivity index (χ1) is 11.2. The summed E-state index contributed by atoms with van der Waals surface area (Å²) in [5, 5.41) is 12.3. The van der Waals surface area contributed by atoms with E-state index < -0.39 is 0 Å². The van der Waals surface area contributed by atoms with Crippen LogP contribution in [0.4, 0.5) is 5.13 Å². The minimum absolute atomic E-state index is 0.0780. The molecule has 0 aliphatic carbocycles. The van der Waals surface area contributed by atoms with Gasteiger partial charge in [-0.05, 0) is 25.1 Å². The number of anilines is 1. The summed E-state index contributed by atoms with van der Waals surface area (Å²) in [5.74, 6) is 0.273. The van der Waals surface area contributed by atoms with Crippen LogP contribution in [0.5, 0.6) is 0 Å². The summed E-state index contributed by atoms with van der Waals surface area (Å²) in [6.07, 6.45) is 0. The minimum atomic E-state index is -0.0780. The van der Waals surface area contributed by atoms with Crippen LogP contribution >= 0.6 is 23.1 Å². The van der Waals surface area contributed by atoms with E-state index in [1.165, 1.54) is 28.7 Å². The molecule has 0 atom stereocenters. The molecule has 0 radical (unpaired) electrons. The number of carbonyl (C=O) groups excluding carboxylic acids is 1. The molecule has 0 saturated heterocycles. The standard InChI is InChI=1S/C17H15N3OS2/c1-12-6-5-7-13(10-12)16-19-20-17(23-16)18-15(21)11-22-14-8-3-2-4-9-14/h2-10H,11H2,1H3,(H,18,20,21). The van der Waals surface area contributed by atoms with Gasteiger partial charge in [0.2, 0.25) is 11.0 Å². The van der Waals surface area contributed by atoms with Crippen molar-refractivity contribution in [3.05, 3.63) is 60.2 Å². The molecule has 3 rings (SSSR count). The zero-order chi connectivity index (χ0) is 16.1. The molecule has 4 nitrogen and oxygen atoms in total. The summed E-state index contributed by atoms with van der Waals surface area (Å²) < 4.78 is 0. The summed E-state index contributed by atoms with van der Waals surface area (Å²) >= 11 is 2.88. The molecular formula is C17H15N3OS2. The molecule has 0 bridgehead atoms. The van der Waals surface area contributed by atoms with Crippen LogP contribution in [0, 0.1) is 6.92 Å². The van der Waals surface area contributed by atoms with E-state index >= 15 is 0 Å². The molecule has 6 heteroatoms. The third kappa shape index (κ3) is 4.40. The molecule has 0 saturated carbocycles. The second-order valence-corrected chi connectivity index (χ2v) is 6.96. The Morgan fingerprint density at radius 2 is 1.96 bits per heavy atom. The summed E-state index contributed by atoms with van der Waals surface area (Å²) in [5.41, 5.74) is 2.18. The second-order valence-electron chi connectivity index (χ2n) is 4.93. The van der Waals surface area contributed by atoms with E-state index in [-0.39, 0.29) is 5.91 Å². The van der Waals surface area contributed by atoms with E-state index in [2.05, 4.69) is 21.6 Å². The maximum absolute atomic E-state index is 12.0. The van der Waals surface area contributed by atoms with Crippen LogP contribution in [-0.2, 0) is 4.79 Å². The molecule has 0 aliphatic rings. The Balaban J connectivity index is 1.59. The fourth-order valence-electron chi connectivity index (χ4n) is 1.99. The smallest absolute Gasteiger partial charge is 0.236 e. The second kappa shape index (κ2) is 7.39. The Kier molecular flexibility index (Phi) is 5.05. The fourth-order valence-corrected chi connectivity index (χ4v) is 3.47. The molecule has 0 spiro atoms. The van der Waals surface area contributed by atoms with Crippen molar-refractivity contribution >= 4 is 34.1 Å². The minimum Gasteiger partial charge on any atom is -0.300 e. The Labute approximate surface area is 143 Å². The zero-order valence-electron chi connectivity index (χ0n) is 12.5. The van der Waals surface area contributed by atoms with Gasteiger partial charge in [-0.2, -0.15) is 0 Å². The SMILES string of the molecule is Cc1cccc(-c2nnc(NC(=O)CSc3ccccc3)s2)c1. The van der Waals surface area contributed by atoms with Crippen molar-refractivity contribution in [2.24, 2.45) is 0 Å². The first kappa shape index (κ1) is 15.7. The summed E-state index contributed by atoms with van der Waals surface area (Å²) in [6.45, 7) is 2.04. The molecule has 0 aliphatic heterocycles. The molecule has 23 heavy (non-hydrogen) atoms. The highest BCUT2D eigenvalue weighted by atomic mass is 32.2. The lowest BCUT2D eigenvalue weighted by molar-refractivity contribution is -0.113. The number of aromatic nitrogens is 2. The van der Waals surface area contributed by atoms with Crippen molar-refractivity contribution in [3.63, 3.8) is 0 Å². The Morgan fingerprint density at radius 1 is 1.13 bits per heavy atom. The highest BCUT2D eigenvalue weighted by molar-refractivity contribution is 8.00. The first-order valence-corrected chi connectivity index (χ1v) is 8.89. The highest BCUT2D eigenvalue weighted by Crippen LogP contribution is 2.27. The van der Waals surface area contributed by atoms with Crippen LogP contribution in [0.25, 0.3) is 10.6 Å². The Bertz CT molecular complexity index is 802. The molecule has 0 unspecified atom stereocenters. The van der Waals surface area contributed by atoms with Gasteiger partial charge in [0.25, 0.3) is 0 Å². The van der Waals surface area contributed by atoms with Gasteiger partial charge in [0.15, 0.2) is 0 Å². The lowest BCUT2D eigenvalue weighted by Crippen LogP contribution is -2.13. The van der Waals surface area contributed by atoms with Crippen molar-refractivity contribution in [1.29, 1.82) is 0 Å². The number of thioether (sulfide) groups is 1. The van der Waals surface area contributed by atoms with Crippen molar-refractivity contribution in [2.45, 2.75) is 11.8 Å². The Hall–Kier alpha value is -2.18. The van der Waals surface area contributed by atoms with E-state index in [1.54, 1.807) is 0 Å². The lowest BCUT2D eigenvalue weighted by Gasteiger charge is -2.01. The lowest BCUT2D eigenvalue weighted by atomic mass is 10.1. The van der Waals surface area contributed by atoms with E-state index in [4.69, 9.17) is 0 Å². The van der Waals surface area contributed by atoms with Crippen molar-refractivity contribution in [3.8, 4) is 10.6 Å². The average Bonchev–Trinajstić information content (AvgIpc) is 3.02. The molecule has 1 amide bonds.